The number of carbonyl (C=O) groups is 1. The van der Waals surface area contributed by atoms with Gasteiger partial charge >= 0.3 is 0 Å². The molecule has 0 aliphatic rings. The third-order valence-electron chi connectivity index (χ3n) is 4.09. The van der Waals surface area contributed by atoms with E-state index in [0.29, 0.717) is 11.5 Å². The lowest BCUT2D eigenvalue weighted by Crippen LogP contribution is -2.25. The van der Waals surface area contributed by atoms with E-state index in [-0.39, 0.29) is 12.5 Å². The standard InChI is InChI=1S/C21H20IN3O3/c1-27-19-11-14(10-17(22)21(19)28-2)12-24-25-20(26)13-23-18-9-5-7-15-6-3-4-8-16(15)18/h3-12,23H,13H2,1-2H3,(H,25,26). The van der Waals surface area contributed by atoms with E-state index in [1.54, 1.807) is 26.5 Å². The van der Waals surface area contributed by atoms with E-state index in [1.165, 1.54) is 0 Å². The maximum Gasteiger partial charge on any atom is 0.259 e. The van der Waals surface area contributed by atoms with Gasteiger partial charge in [-0.2, -0.15) is 5.10 Å². The molecule has 6 nitrogen and oxygen atoms in total. The zero-order valence-corrected chi connectivity index (χ0v) is 17.7. The molecule has 0 aromatic heterocycles. The smallest absolute Gasteiger partial charge is 0.259 e. The lowest BCUT2D eigenvalue weighted by atomic mass is 10.1. The summed E-state index contributed by atoms with van der Waals surface area (Å²) < 4.78 is 11.5. The van der Waals surface area contributed by atoms with Crippen LogP contribution >= 0.6 is 22.6 Å². The summed E-state index contributed by atoms with van der Waals surface area (Å²) in [5.41, 5.74) is 4.23. The number of nitrogens with one attached hydrogen (secondary N) is 2. The fraction of sp³-hybridized carbons (Fsp3) is 0.143. The van der Waals surface area contributed by atoms with Crippen LogP contribution in [0.25, 0.3) is 10.8 Å². The molecule has 1 amide bonds. The van der Waals surface area contributed by atoms with Gasteiger partial charge in [-0.1, -0.05) is 36.4 Å². The van der Waals surface area contributed by atoms with E-state index >= 15 is 0 Å². The van der Waals surface area contributed by atoms with Crippen molar-refractivity contribution in [3.05, 3.63) is 63.7 Å². The zero-order chi connectivity index (χ0) is 19.9. The highest BCUT2D eigenvalue weighted by Crippen LogP contribution is 2.33. The Labute approximate surface area is 177 Å². The van der Waals surface area contributed by atoms with Crippen molar-refractivity contribution in [3.8, 4) is 11.5 Å². The molecular weight excluding hydrogens is 469 g/mol. The Morgan fingerprint density at radius 1 is 1.11 bits per heavy atom. The largest absolute Gasteiger partial charge is 0.493 e. The topological polar surface area (TPSA) is 72.0 Å². The summed E-state index contributed by atoms with van der Waals surface area (Å²) in [6.45, 7) is 0.120. The van der Waals surface area contributed by atoms with Gasteiger partial charge in [0.05, 0.1) is 30.5 Å². The Hall–Kier alpha value is -2.81. The number of rotatable bonds is 7. The number of halogens is 1. The molecule has 3 rings (SSSR count). The van der Waals surface area contributed by atoms with E-state index in [4.69, 9.17) is 9.47 Å². The summed E-state index contributed by atoms with van der Waals surface area (Å²) >= 11 is 2.16. The van der Waals surface area contributed by atoms with Crippen LogP contribution in [0, 0.1) is 3.57 Å². The summed E-state index contributed by atoms with van der Waals surface area (Å²) in [7, 11) is 3.17. The van der Waals surface area contributed by atoms with Crippen LogP contribution in [0.4, 0.5) is 5.69 Å². The number of hydrogen-bond donors (Lipinski definition) is 2. The molecule has 7 heteroatoms. The van der Waals surface area contributed by atoms with Gasteiger partial charge < -0.3 is 14.8 Å². The van der Waals surface area contributed by atoms with Crippen LogP contribution in [-0.2, 0) is 4.79 Å². The average Bonchev–Trinajstić information content (AvgIpc) is 2.71. The van der Waals surface area contributed by atoms with Crippen LogP contribution in [0.3, 0.4) is 0 Å². The van der Waals surface area contributed by atoms with Crippen molar-refractivity contribution in [2.45, 2.75) is 0 Å². The van der Waals surface area contributed by atoms with Crippen molar-refractivity contribution < 1.29 is 14.3 Å². The first-order valence-corrected chi connectivity index (χ1v) is 9.65. The minimum atomic E-state index is -0.237. The molecular formula is C21H20IN3O3. The number of hydrogen-bond acceptors (Lipinski definition) is 5. The summed E-state index contributed by atoms with van der Waals surface area (Å²) in [5.74, 6) is 1.04. The Kier molecular flexibility index (Phi) is 6.70. The van der Waals surface area contributed by atoms with Gasteiger partial charge in [0.25, 0.3) is 5.91 Å². The van der Waals surface area contributed by atoms with Gasteiger partial charge in [0.2, 0.25) is 0 Å². The molecule has 0 spiro atoms. The molecule has 0 saturated heterocycles. The maximum absolute atomic E-state index is 12.1. The van der Waals surface area contributed by atoms with E-state index < -0.39 is 0 Å². The van der Waals surface area contributed by atoms with Crippen molar-refractivity contribution in [1.82, 2.24) is 5.43 Å². The van der Waals surface area contributed by atoms with Crippen LogP contribution in [0.5, 0.6) is 11.5 Å². The van der Waals surface area contributed by atoms with Gasteiger partial charge in [-0.05, 0) is 51.7 Å². The van der Waals surface area contributed by atoms with Crippen LogP contribution < -0.4 is 20.2 Å². The summed E-state index contributed by atoms with van der Waals surface area (Å²) in [6.07, 6.45) is 1.57. The molecule has 0 heterocycles. The van der Waals surface area contributed by atoms with Crippen molar-refractivity contribution in [2.24, 2.45) is 5.10 Å². The van der Waals surface area contributed by atoms with Crippen molar-refractivity contribution in [3.63, 3.8) is 0 Å². The molecule has 0 atom stereocenters. The Morgan fingerprint density at radius 2 is 1.89 bits per heavy atom. The highest BCUT2D eigenvalue weighted by molar-refractivity contribution is 14.1. The second-order valence-corrected chi connectivity index (χ2v) is 7.07. The first-order chi connectivity index (χ1) is 13.6. The van der Waals surface area contributed by atoms with Gasteiger partial charge in [0, 0.05) is 11.1 Å². The minimum absolute atomic E-state index is 0.120. The third-order valence-corrected chi connectivity index (χ3v) is 4.89. The minimum Gasteiger partial charge on any atom is -0.493 e. The number of methoxy groups -OCH3 is 2. The highest BCUT2D eigenvalue weighted by atomic mass is 127. The fourth-order valence-corrected chi connectivity index (χ4v) is 3.63. The number of amides is 1. The molecule has 28 heavy (non-hydrogen) atoms. The average molecular weight is 489 g/mol. The third kappa shape index (κ3) is 4.72. The van der Waals surface area contributed by atoms with E-state index in [9.17, 15) is 4.79 Å². The first kappa shape index (κ1) is 19.9. The summed E-state index contributed by atoms with van der Waals surface area (Å²) in [4.78, 5) is 12.1. The Balaban J connectivity index is 1.60. The van der Waals surface area contributed by atoms with Gasteiger partial charge in [-0.25, -0.2) is 5.43 Å². The normalized spacial score (nSPS) is 10.8. The molecule has 2 N–H and O–H groups in total. The van der Waals surface area contributed by atoms with Crippen molar-refractivity contribution in [1.29, 1.82) is 0 Å². The molecule has 0 saturated carbocycles. The van der Waals surface area contributed by atoms with Gasteiger partial charge in [-0.15, -0.1) is 0 Å². The molecule has 3 aromatic rings. The maximum atomic E-state index is 12.1. The van der Waals surface area contributed by atoms with Crippen LogP contribution in [0.2, 0.25) is 0 Å². The van der Waals surface area contributed by atoms with E-state index in [1.807, 2.05) is 48.5 Å². The number of fused-ring (bicyclic) bond motifs is 1. The molecule has 0 unspecified atom stereocenters. The van der Waals surface area contributed by atoms with Crippen molar-refractivity contribution in [2.75, 3.05) is 26.1 Å². The Bertz CT molecular complexity index is 1020. The molecule has 0 aliphatic heterocycles. The quantitative estimate of drug-likeness (QED) is 0.299. The SMILES string of the molecule is COc1cc(C=NNC(=O)CNc2cccc3ccccc23)cc(I)c1OC. The lowest BCUT2D eigenvalue weighted by molar-refractivity contribution is -0.119. The first-order valence-electron chi connectivity index (χ1n) is 8.57. The predicted octanol–water partition coefficient (Wildman–Crippen LogP) is 4.02. The zero-order valence-electron chi connectivity index (χ0n) is 15.5. The molecule has 144 valence electrons. The summed E-state index contributed by atoms with van der Waals surface area (Å²) in [5, 5.41) is 9.37. The fourth-order valence-electron chi connectivity index (χ4n) is 2.79. The second kappa shape index (κ2) is 9.41. The number of carbonyl (C=O) groups excluding carboxylic acids is 1. The van der Waals surface area contributed by atoms with Crippen molar-refractivity contribution >= 4 is 51.2 Å². The van der Waals surface area contributed by atoms with Crippen LogP contribution in [0.15, 0.2) is 59.7 Å². The molecule has 3 aromatic carbocycles. The monoisotopic (exact) mass is 489 g/mol. The highest BCUT2D eigenvalue weighted by Gasteiger charge is 2.09. The summed E-state index contributed by atoms with van der Waals surface area (Å²) in [6, 6.07) is 17.7. The molecule has 0 fully saturated rings. The molecule has 0 aliphatic carbocycles. The predicted molar refractivity (Wildman–Crippen MR) is 120 cm³/mol. The number of benzene rings is 3. The van der Waals surface area contributed by atoms with E-state index in [0.717, 1.165) is 25.6 Å². The van der Waals surface area contributed by atoms with Crippen LogP contribution in [0.1, 0.15) is 5.56 Å². The molecule has 0 bridgehead atoms. The Morgan fingerprint density at radius 3 is 2.68 bits per heavy atom. The number of ether oxygens (including phenoxy) is 2. The van der Waals surface area contributed by atoms with Gasteiger partial charge in [0.1, 0.15) is 0 Å². The van der Waals surface area contributed by atoms with E-state index in [2.05, 4.69) is 38.4 Å². The number of nitrogens with zero attached hydrogens (tertiary/aromatic N) is 1. The number of hydrazone groups is 1. The van der Waals surface area contributed by atoms with Gasteiger partial charge in [0.15, 0.2) is 11.5 Å². The van der Waals surface area contributed by atoms with Crippen LogP contribution in [-0.4, -0.2) is 32.9 Å². The van der Waals surface area contributed by atoms with Gasteiger partial charge in [-0.3, -0.25) is 4.79 Å². The number of anilines is 1. The second-order valence-electron chi connectivity index (χ2n) is 5.91. The lowest BCUT2D eigenvalue weighted by Gasteiger charge is -2.10. The molecule has 0 radical (unpaired) electrons.